The molecule has 2 atom stereocenters. The molecule has 1 heterocycles. The van der Waals surface area contributed by atoms with E-state index >= 15 is 0 Å². The zero-order valence-corrected chi connectivity index (χ0v) is 12.9. The number of ether oxygens (including phenoxy) is 1. The highest BCUT2D eigenvalue weighted by Gasteiger charge is 2.58. The van der Waals surface area contributed by atoms with E-state index in [9.17, 15) is 5.11 Å². The van der Waals surface area contributed by atoms with Crippen LogP contribution in [0.4, 0.5) is 0 Å². The Morgan fingerprint density at radius 2 is 1.74 bits per heavy atom. The van der Waals surface area contributed by atoms with E-state index < -0.39 is 0 Å². The summed E-state index contributed by atoms with van der Waals surface area (Å²) in [4.78, 5) is 2.52. The van der Waals surface area contributed by atoms with Gasteiger partial charge in [-0.25, -0.2) is 0 Å². The lowest BCUT2D eigenvalue weighted by atomic mass is 9.60. The van der Waals surface area contributed by atoms with Gasteiger partial charge in [-0.1, -0.05) is 12.2 Å². The van der Waals surface area contributed by atoms with Crippen LogP contribution in [0, 0.1) is 10.8 Å². The summed E-state index contributed by atoms with van der Waals surface area (Å²) < 4.78 is 5.79. The maximum Gasteiger partial charge on any atom is 0.0544 e. The number of hydrogen-bond acceptors (Lipinski definition) is 3. The molecule has 19 heavy (non-hydrogen) atoms. The summed E-state index contributed by atoms with van der Waals surface area (Å²) in [6.45, 7) is 12.6. The van der Waals surface area contributed by atoms with Crippen LogP contribution in [0.5, 0.6) is 0 Å². The normalized spacial score (nSPS) is 35.6. The van der Waals surface area contributed by atoms with Crippen LogP contribution in [0.25, 0.3) is 0 Å². The summed E-state index contributed by atoms with van der Waals surface area (Å²) in [5.74, 6) is 0. The molecule has 2 unspecified atom stereocenters. The summed E-state index contributed by atoms with van der Waals surface area (Å²) in [6.07, 6.45) is 6.52. The van der Waals surface area contributed by atoms with Gasteiger partial charge in [-0.3, -0.25) is 4.90 Å². The fourth-order valence-electron chi connectivity index (χ4n) is 3.61. The van der Waals surface area contributed by atoms with Crippen LogP contribution in [0.15, 0.2) is 12.2 Å². The molecule has 1 aliphatic heterocycles. The third kappa shape index (κ3) is 2.48. The molecule has 1 saturated heterocycles. The third-order valence-corrected chi connectivity index (χ3v) is 5.13. The highest BCUT2D eigenvalue weighted by atomic mass is 16.5. The molecule has 1 aliphatic carbocycles. The van der Waals surface area contributed by atoms with Gasteiger partial charge in [0.15, 0.2) is 0 Å². The van der Waals surface area contributed by atoms with Crippen molar-refractivity contribution in [3.8, 4) is 0 Å². The fraction of sp³-hybridized carbons (Fsp3) is 0.875. The van der Waals surface area contributed by atoms with Crippen molar-refractivity contribution in [2.75, 3.05) is 32.9 Å². The highest BCUT2D eigenvalue weighted by Crippen LogP contribution is 2.54. The summed E-state index contributed by atoms with van der Waals surface area (Å²) in [6, 6.07) is 0. The monoisotopic (exact) mass is 267 g/mol. The van der Waals surface area contributed by atoms with E-state index in [0.717, 1.165) is 39.1 Å². The van der Waals surface area contributed by atoms with Crippen LogP contribution in [0.2, 0.25) is 0 Å². The van der Waals surface area contributed by atoms with Crippen molar-refractivity contribution in [2.45, 2.75) is 46.1 Å². The van der Waals surface area contributed by atoms with E-state index in [-0.39, 0.29) is 23.0 Å². The largest absolute Gasteiger partial charge is 0.396 e. The van der Waals surface area contributed by atoms with E-state index in [2.05, 4.69) is 37.8 Å². The van der Waals surface area contributed by atoms with Crippen LogP contribution in [0.1, 0.15) is 40.5 Å². The van der Waals surface area contributed by atoms with E-state index in [1.54, 1.807) is 0 Å². The van der Waals surface area contributed by atoms with Gasteiger partial charge in [0.25, 0.3) is 0 Å². The average molecular weight is 267 g/mol. The van der Waals surface area contributed by atoms with Crippen molar-refractivity contribution in [1.82, 2.24) is 4.90 Å². The number of hydrogen-bond donors (Lipinski definition) is 1. The Balaban J connectivity index is 2.30. The first-order valence-electron chi connectivity index (χ1n) is 7.48. The molecule has 0 aromatic carbocycles. The molecular weight excluding hydrogens is 238 g/mol. The predicted molar refractivity (Wildman–Crippen MR) is 78.1 cm³/mol. The number of likely N-dealkylation sites (tertiary alicyclic amines) is 1. The molecule has 0 radical (unpaired) electrons. The van der Waals surface area contributed by atoms with Gasteiger partial charge in [0, 0.05) is 36.1 Å². The molecule has 1 N–H and O–H groups in total. The lowest BCUT2D eigenvalue weighted by Crippen LogP contribution is -2.48. The van der Waals surface area contributed by atoms with Gasteiger partial charge in [0.2, 0.25) is 0 Å². The maximum atomic E-state index is 10.1. The van der Waals surface area contributed by atoms with Crippen molar-refractivity contribution in [2.24, 2.45) is 10.8 Å². The summed E-state index contributed by atoms with van der Waals surface area (Å²) in [5, 5.41) is 10.1. The second-order valence-electron chi connectivity index (χ2n) is 7.26. The maximum absolute atomic E-state index is 10.1. The summed E-state index contributed by atoms with van der Waals surface area (Å²) in [7, 11) is 0. The predicted octanol–water partition coefficient (Wildman–Crippen LogP) is 2.45. The third-order valence-electron chi connectivity index (χ3n) is 5.13. The number of aliphatic hydroxyl groups is 1. The summed E-state index contributed by atoms with van der Waals surface area (Å²) >= 11 is 0. The van der Waals surface area contributed by atoms with Crippen LogP contribution in [-0.2, 0) is 4.74 Å². The van der Waals surface area contributed by atoms with Crippen molar-refractivity contribution >= 4 is 0 Å². The zero-order valence-electron chi connectivity index (χ0n) is 12.9. The molecular formula is C16H29NO2. The molecule has 0 bridgehead atoms. The minimum Gasteiger partial charge on any atom is -0.396 e. The number of nitrogens with zero attached hydrogens (tertiary/aromatic N) is 1. The Morgan fingerprint density at radius 3 is 2.26 bits per heavy atom. The van der Waals surface area contributed by atoms with E-state index in [0.29, 0.717) is 0 Å². The lowest BCUT2D eigenvalue weighted by Gasteiger charge is -2.45. The Labute approximate surface area is 117 Å². The van der Waals surface area contributed by atoms with E-state index in [1.807, 2.05) is 6.92 Å². The summed E-state index contributed by atoms with van der Waals surface area (Å²) in [5.41, 5.74) is 0.211. The second kappa shape index (κ2) is 5.19. The standard InChI is InChI=1S/C16H29NO2/c1-5-19-13-16-9-7-6-8-15(16,12-18)10-17(11-16)14(2,3)4/h6-7,18H,5,8-13H2,1-4H3. The fourth-order valence-corrected chi connectivity index (χ4v) is 3.61. The van der Waals surface area contributed by atoms with Gasteiger partial charge in [-0.05, 0) is 40.5 Å². The average Bonchev–Trinajstić information content (AvgIpc) is 2.72. The van der Waals surface area contributed by atoms with Crippen molar-refractivity contribution in [3.63, 3.8) is 0 Å². The minimum absolute atomic E-state index is 0.0236. The Hall–Kier alpha value is -0.380. The van der Waals surface area contributed by atoms with E-state index in [1.165, 1.54) is 0 Å². The molecule has 0 saturated carbocycles. The highest BCUT2D eigenvalue weighted by molar-refractivity contribution is 5.16. The first kappa shape index (κ1) is 15.0. The lowest BCUT2D eigenvalue weighted by molar-refractivity contribution is -0.0429. The molecule has 2 rings (SSSR count). The number of fused-ring (bicyclic) bond motifs is 1. The number of allylic oxidation sites excluding steroid dienone is 2. The Bertz CT molecular complexity index is 347. The minimum atomic E-state index is -0.0236. The van der Waals surface area contributed by atoms with Gasteiger partial charge in [0.1, 0.15) is 0 Å². The molecule has 3 nitrogen and oxygen atoms in total. The SMILES string of the molecule is CCOCC12CC=CCC1(CO)CN(C(C)(C)C)C2. The molecule has 0 aromatic heterocycles. The quantitative estimate of drug-likeness (QED) is 0.794. The molecule has 0 spiro atoms. The second-order valence-corrected chi connectivity index (χ2v) is 7.26. The molecule has 0 amide bonds. The van der Waals surface area contributed by atoms with Crippen LogP contribution in [-0.4, -0.2) is 48.5 Å². The van der Waals surface area contributed by atoms with Gasteiger partial charge in [0.05, 0.1) is 13.2 Å². The van der Waals surface area contributed by atoms with Crippen molar-refractivity contribution in [3.05, 3.63) is 12.2 Å². The number of aliphatic hydroxyl groups excluding tert-OH is 1. The van der Waals surface area contributed by atoms with Crippen LogP contribution < -0.4 is 0 Å². The van der Waals surface area contributed by atoms with Gasteiger partial charge in [-0.2, -0.15) is 0 Å². The smallest absolute Gasteiger partial charge is 0.0544 e. The first-order valence-corrected chi connectivity index (χ1v) is 7.48. The molecule has 1 fully saturated rings. The first-order chi connectivity index (χ1) is 8.89. The Morgan fingerprint density at radius 1 is 1.16 bits per heavy atom. The van der Waals surface area contributed by atoms with Gasteiger partial charge >= 0.3 is 0 Å². The molecule has 2 aliphatic rings. The molecule has 110 valence electrons. The van der Waals surface area contributed by atoms with Gasteiger partial charge in [-0.15, -0.1) is 0 Å². The van der Waals surface area contributed by atoms with Crippen molar-refractivity contribution in [1.29, 1.82) is 0 Å². The van der Waals surface area contributed by atoms with Crippen LogP contribution in [0.3, 0.4) is 0 Å². The topological polar surface area (TPSA) is 32.7 Å². The molecule has 0 aromatic rings. The molecule has 3 heteroatoms. The number of rotatable bonds is 4. The zero-order chi connectivity index (χ0) is 14.1. The van der Waals surface area contributed by atoms with E-state index in [4.69, 9.17) is 4.74 Å². The Kier molecular flexibility index (Phi) is 4.10. The van der Waals surface area contributed by atoms with Crippen molar-refractivity contribution < 1.29 is 9.84 Å². The van der Waals surface area contributed by atoms with Crippen LogP contribution >= 0.6 is 0 Å². The van der Waals surface area contributed by atoms with Gasteiger partial charge < -0.3 is 9.84 Å².